The molecule has 11 nitrogen and oxygen atoms in total. The summed E-state index contributed by atoms with van der Waals surface area (Å²) in [6.45, 7) is 1.42. The number of hydrogen-bond acceptors (Lipinski definition) is 10. The minimum absolute atomic E-state index is 0.283. The van der Waals surface area contributed by atoms with Crippen molar-refractivity contribution in [2.75, 3.05) is 19.7 Å². The number of carbonyl (C=O) groups is 1. The number of carboxylic acids is 1. The third-order valence-electron chi connectivity index (χ3n) is 6.21. The molecule has 3 rings (SSSR count). The Hall–Kier alpha value is -1.60. The summed E-state index contributed by atoms with van der Waals surface area (Å²) in [6, 6.07) is -1.31. The van der Waals surface area contributed by atoms with Gasteiger partial charge in [-0.25, -0.2) is 5.01 Å². The van der Waals surface area contributed by atoms with Gasteiger partial charge in [-0.15, -0.1) is 0 Å². The number of rotatable bonds is 10. The van der Waals surface area contributed by atoms with Crippen LogP contribution < -0.4 is 10.6 Å². The van der Waals surface area contributed by atoms with Crippen molar-refractivity contribution < 1.29 is 30.1 Å². The van der Waals surface area contributed by atoms with Gasteiger partial charge in [-0.1, -0.05) is 16.8 Å². The van der Waals surface area contributed by atoms with Gasteiger partial charge in [0.15, 0.2) is 6.35 Å². The van der Waals surface area contributed by atoms with Gasteiger partial charge < -0.3 is 25.3 Å². The second kappa shape index (κ2) is 12.6. The monoisotopic (exact) mass is 455 g/mol. The molecule has 0 aromatic heterocycles. The molecule has 2 heterocycles. The van der Waals surface area contributed by atoms with Crippen molar-refractivity contribution in [2.45, 2.75) is 88.7 Å². The van der Waals surface area contributed by atoms with E-state index in [1.807, 2.05) is 0 Å². The zero-order valence-electron chi connectivity index (χ0n) is 18.5. The van der Waals surface area contributed by atoms with Gasteiger partial charge in [0.1, 0.15) is 19.1 Å². The van der Waals surface area contributed by atoms with Gasteiger partial charge in [0.25, 0.3) is 0 Å². The molecule has 3 aliphatic rings. The van der Waals surface area contributed by atoms with Crippen LogP contribution >= 0.6 is 0 Å². The van der Waals surface area contributed by atoms with Gasteiger partial charge in [0.05, 0.1) is 24.7 Å². The smallest absolute Gasteiger partial charge is 0.305 e. The molecule has 1 aliphatic carbocycles. The summed E-state index contributed by atoms with van der Waals surface area (Å²) in [5, 5.41) is 53.9. The fourth-order valence-corrected chi connectivity index (χ4v) is 4.56. The van der Waals surface area contributed by atoms with Crippen LogP contribution in [-0.4, -0.2) is 93.2 Å². The topological polar surface area (TPSA) is 150 Å². The van der Waals surface area contributed by atoms with Crippen LogP contribution in [0.15, 0.2) is 16.8 Å². The van der Waals surface area contributed by atoms with Crippen LogP contribution in [0.4, 0.5) is 0 Å². The van der Waals surface area contributed by atoms with Crippen LogP contribution in [0.5, 0.6) is 0 Å². The van der Waals surface area contributed by atoms with Crippen LogP contribution in [0.2, 0.25) is 0 Å². The molecular formula is C21H37N5O6. The summed E-state index contributed by atoms with van der Waals surface area (Å²) < 4.78 is 0. The number of hydrogen-bond donors (Lipinski definition) is 6. The molecule has 0 aromatic rings. The van der Waals surface area contributed by atoms with E-state index in [0.717, 1.165) is 25.7 Å². The number of nitrogens with one attached hydrogen (secondary N) is 2. The highest BCUT2D eigenvalue weighted by Crippen LogP contribution is 2.26. The lowest BCUT2D eigenvalue weighted by Crippen LogP contribution is -2.66. The quantitative estimate of drug-likeness (QED) is 0.0866. The first-order valence-electron chi connectivity index (χ1n) is 11.6. The number of aliphatic hydroxyl groups excluding tert-OH is 3. The molecule has 0 amide bonds. The van der Waals surface area contributed by atoms with Gasteiger partial charge >= 0.3 is 5.97 Å². The van der Waals surface area contributed by atoms with Crippen molar-refractivity contribution in [1.82, 2.24) is 20.7 Å². The van der Waals surface area contributed by atoms with Crippen molar-refractivity contribution in [2.24, 2.45) is 5.16 Å². The Labute approximate surface area is 188 Å². The van der Waals surface area contributed by atoms with Gasteiger partial charge in [-0.3, -0.25) is 15.4 Å². The molecule has 0 saturated carbocycles. The molecule has 2 aliphatic heterocycles. The van der Waals surface area contributed by atoms with Gasteiger partial charge in [0.2, 0.25) is 0 Å². The molecule has 32 heavy (non-hydrogen) atoms. The van der Waals surface area contributed by atoms with E-state index >= 15 is 0 Å². The molecule has 2 saturated heterocycles. The maximum Gasteiger partial charge on any atom is 0.305 e. The first kappa shape index (κ1) is 25.0. The Morgan fingerprint density at radius 3 is 2.94 bits per heavy atom. The standard InChI is InChI=1S/C21H37N5O6/c27-18-8-10-22-21(31)26-17(7-4-11-25(18)26)20(30)24-16(13-19(28)29)14-23-32-12-9-15-5-2-1-3-6-15/h5,14,16-18,20-22,24,27,30-31H,1-4,6-13H2,(H,28,29)/b23-14+/t16-,17-,18?,20?,21?/m0/s1. The van der Waals surface area contributed by atoms with Crippen LogP contribution in [0.1, 0.15) is 57.8 Å². The fourth-order valence-electron chi connectivity index (χ4n) is 4.56. The number of aliphatic hydroxyl groups is 3. The molecule has 5 atom stereocenters. The first-order valence-corrected chi connectivity index (χ1v) is 11.6. The van der Waals surface area contributed by atoms with Crippen LogP contribution in [-0.2, 0) is 9.63 Å². The van der Waals surface area contributed by atoms with Crippen molar-refractivity contribution in [3.05, 3.63) is 11.6 Å². The van der Waals surface area contributed by atoms with Gasteiger partial charge in [-0.05, 0) is 38.5 Å². The number of fused-ring (bicyclic) bond motifs is 1. The first-order chi connectivity index (χ1) is 15.5. The lowest BCUT2D eigenvalue weighted by Gasteiger charge is -2.48. The Bertz CT molecular complexity index is 663. The van der Waals surface area contributed by atoms with E-state index in [2.05, 4.69) is 21.9 Å². The van der Waals surface area contributed by atoms with E-state index in [0.29, 0.717) is 32.5 Å². The molecular weight excluding hydrogens is 418 g/mol. The summed E-state index contributed by atoms with van der Waals surface area (Å²) in [5.74, 6) is -1.04. The highest BCUT2D eigenvalue weighted by atomic mass is 16.6. The Balaban J connectivity index is 1.56. The van der Waals surface area contributed by atoms with Gasteiger partial charge in [-0.2, -0.15) is 5.01 Å². The second-order valence-corrected chi connectivity index (χ2v) is 8.61. The van der Waals surface area contributed by atoms with Crippen LogP contribution in [0.25, 0.3) is 0 Å². The Morgan fingerprint density at radius 2 is 2.19 bits per heavy atom. The lowest BCUT2D eigenvalue weighted by atomic mass is 9.98. The average Bonchev–Trinajstić information content (AvgIpc) is 2.92. The number of aliphatic carboxylic acids is 1. The number of hydrazine groups is 1. The zero-order valence-corrected chi connectivity index (χ0v) is 18.5. The highest BCUT2D eigenvalue weighted by molar-refractivity contribution is 5.75. The maximum absolute atomic E-state index is 11.3. The van der Waals surface area contributed by atoms with Crippen LogP contribution in [0.3, 0.4) is 0 Å². The minimum Gasteiger partial charge on any atom is -0.481 e. The molecule has 0 spiro atoms. The number of allylic oxidation sites excluding steroid dienone is 1. The summed E-state index contributed by atoms with van der Waals surface area (Å²) in [6.07, 6.45) is 7.53. The van der Waals surface area contributed by atoms with Crippen molar-refractivity contribution in [3.63, 3.8) is 0 Å². The molecule has 0 bridgehead atoms. The van der Waals surface area contributed by atoms with Crippen molar-refractivity contribution in [1.29, 1.82) is 0 Å². The Kier molecular flexibility index (Phi) is 9.85. The molecule has 182 valence electrons. The van der Waals surface area contributed by atoms with E-state index in [-0.39, 0.29) is 6.42 Å². The summed E-state index contributed by atoms with van der Waals surface area (Å²) >= 11 is 0. The predicted octanol–water partition coefficient (Wildman–Crippen LogP) is -0.100. The molecule has 3 unspecified atom stereocenters. The maximum atomic E-state index is 11.3. The SMILES string of the molecule is O=C(O)C[C@@H](/C=N/OCCC1=CCCCC1)NC(O)[C@@H]1CCCN2C(O)CCNC(O)N12. The van der Waals surface area contributed by atoms with E-state index in [4.69, 9.17) is 4.84 Å². The molecule has 0 aromatic carbocycles. The largest absolute Gasteiger partial charge is 0.481 e. The third-order valence-corrected chi connectivity index (χ3v) is 6.21. The third kappa shape index (κ3) is 7.20. The van der Waals surface area contributed by atoms with E-state index in [1.165, 1.54) is 24.6 Å². The summed E-state index contributed by atoms with van der Waals surface area (Å²) in [7, 11) is 0. The molecule has 0 radical (unpaired) electrons. The predicted molar refractivity (Wildman–Crippen MR) is 117 cm³/mol. The highest BCUT2D eigenvalue weighted by Gasteiger charge is 2.42. The molecule has 6 N–H and O–H groups in total. The van der Waals surface area contributed by atoms with E-state index < -0.39 is 36.9 Å². The molecule has 2 fully saturated rings. The van der Waals surface area contributed by atoms with Crippen molar-refractivity contribution in [3.8, 4) is 0 Å². The van der Waals surface area contributed by atoms with E-state index in [1.54, 1.807) is 10.0 Å². The summed E-state index contributed by atoms with van der Waals surface area (Å²) in [4.78, 5) is 16.6. The molecule has 11 heteroatoms. The van der Waals surface area contributed by atoms with Crippen molar-refractivity contribution >= 4 is 12.2 Å². The van der Waals surface area contributed by atoms with Crippen LogP contribution in [0, 0.1) is 0 Å². The summed E-state index contributed by atoms with van der Waals surface area (Å²) in [5.41, 5.74) is 1.37. The minimum atomic E-state index is -1.15. The fraction of sp³-hybridized carbons (Fsp3) is 0.810. The number of carboxylic acid groups (broad SMARTS) is 1. The van der Waals surface area contributed by atoms with E-state index in [9.17, 15) is 25.2 Å². The normalized spacial score (nSPS) is 29.7. The number of nitrogens with zero attached hydrogens (tertiary/aromatic N) is 3. The zero-order chi connectivity index (χ0) is 22.9. The average molecular weight is 456 g/mol. The lowest BCUT2D eigenvalue weighted by molar-refractivity contribution is -0.250. The second-order valence-electron chi connectivity index (χ2n) is 8.61. The Morgan fingerprint density at radius 1 is 1.34 bits per heavy atom. The van der Waals surface area contributed by atoms with Gasteiger partial charge in [0, 0.05) is 25.9 Å². The number of oxime groups is 1.